The lowest BCUT2D eigenvalue weighted by Crippen LogP contribution is -2.05. The first kappa shape index (κ1) is 13.6. The summed E-state index contributed by atoms with van der Waals surface area (Å²) in [5, 5.41) is 4.45. The topological polar surface area (TPSA) is 27.1 Å². The van der Waals surface area contributed by atoms with Crippen LogP contribution in [0.4, 0.5) is 0 Å². The predicted octanol–water partition coefficient (Wildman–Crippen LogP) is 4.00. The number of hydrogen-bond donors (Lipinski definition) is 0. The summed E-state index contributed by atoms with van der Waals surface area (Å²) in [5.74, 6) is 0. The van der Waals surface area contributed by atoms with Crippen LogP contribution in [0.25, 0.3) is 5.69 Å². The van der Waals surface area contributed by atoms with Crippen molar-refractivity contribution in [1.82, 2.24) is 9.78 Å². The largest absolute Gasteiger partial charge is 0.369 e. The monoisotopic (exact) mass is 278 g/mol. The quantitative estimate of drug-likeness (QED) is 0.705. The summed E-state index contributed by atoms with van der Waals surface area (Å²) in [5.41, 5.74) is 3.26. The van der Waals surface area contributed by atoms with E-state index in [1.54, 1.807) is 0 Å². The molecule has 0 fully saturated rings. The van der Waals surface area contributed by atoms with Crippen LogP contribution in [0.15, 0.2) is 73.1 Å². The molecule has 3 aromatic rings. The van der Waals surface area contributed by atoms with E-state index in [-0.39, 0.29) is 6.10 Å². The highest BCUT2D eigenvalue weighted by molar-refractivity contribution is 5.33. The lowest BCUT2D eigenvalue weighted by Gasteiger charge is -2.15. The van der Waals surface area contributed by atoms with Crippen LogP contribution in [-0.4, -0.2) is 16.4 Å². The van der Waals surface area contributed by atoms with Crippen molar-refractivity contribution in [3.63, 3.8) is 0 Å². The highest BCUT2D eigenvalue weighted by Gasteiger charge is 2.16. The van der Waals surface area contributed by atoms with Gasteiger partial charge in [0.2, 0.25) is 0 Å². The first-order chi connectivity index (χ1) is 10.4. The van der Waals surface area contributed by atoms with Crippen LogP contribution in [0.3, 0.4) is 0 Å². The fourth-order valence-corrected chi connectivity index (χ4v) is 2.37. The molecule has 0 bridgehead atoms. The molecule has 0 aliphatic heterocycles. The number of ether oxygens (including phenoxy) is 1. The first-order valence-electron chi connectivity index (χ1n) is 7.15. The fraction of sp³-hybridized carbons (Fsp3) is 0.167. The number of nitrogens with zero attached hydrogens (tertiary/aromatic N) is 2. The van der Waals surface area contributed by atoms with Gasteiger partial charge in [-0.15, -0.1) is 0 Å². The SMILES string of the molecule is CCO[C@@H](c1ccccc1)c1cnn(-c2ccccc2)c1. The minimum Gasteiger partial charge on any atom is -0.369 e. The Hall–Kier alpha value is -2.39. The minimum atomic E-state index is -0.0753. The Morgan fingerprint density at radius 1 is 0.952 bits per heavy atom. The van der Waals surface area contributed by atoms with Crippen LogP contribution in [0.5, 0.6) is 0 Å². The van der Waals surface area contributed by atoms with Crippen molar-refractivity contribution in [3.8, 4) is 5.69 Å². The maximum Gasteiger partial charge on any atom is 0.111 e. The number of rotatable bonds is 5. The normalized spacial score (nSPS) is 12.2. The Morgan fingerprint density at radius 3 is 2.29 bits per heavy atom. The molecular weight excluding hydrogens is 260 g/mol. The van der Waals surface area contributed by atoms with Crippen LogP contribution in [0, 0.1) is 0 Å². The van der Waals surface area contributed by atoms with Crippen LogP contribution in [0.2, 0.25) is 0 Å². The van der Waals surface area contributed by atoms with Crippen molar-refractivity contribution >= 4 is 0 Å². The highest BCUT2D eigenvalue weighted by atomic mass is 16.5. The molecule has 0 radical (unpaired) electrons. The smallest absolute Gasteiger partial charge is 0.111 e. The summed E-state index contributed by atoms with van der Waals surface area (Å²) in [6, 6.07) is 20.3. The molecule has 0 amide bonds. The van der Waals surface area contributed by atoms with E-state index < -0.39 is 0 Å². The second kappa shape index (κ2) is 6.37. The summed E-state index contributed by atoms with van der Waals surface area (Å²) < 4.78 is 7.79. The summed E-state index contributed by atoms with van der Waals surface area (Å²) in [6.45, 7) is 2.67. The van der Waals surface area contributed by atoms with E-state index in [0.29, 0.717) is 6.61 Å². The van der Waals surface area contributed by atoms with Crippen molar-refractivity contribution in [2.45, 2.75) is 13.0 Å². The molecule has 1 aromatic heterocycles. The van der Waals surface area contributed by atoms with Crippen molar-refractivity contribution < 1.29 is 4.74 Å². The van der Waals surface area contributed by atoms with Crippen molar-refractivity contribution in [2.75, 3.05) is 6.61 Å². The molecule has 1 atom stereocenters. The van der Waals surface area contributed by atoms with Gasteiger partial charge in [0.1, 0.15) is 6.10 Å². The molecule has 1 heterocycles. The number of hydrogen-bond acceptors (Lipinski definition) is 2. The maximum atomic E-state index is 5.91. The van der Waals surface area contributed by atoms with E-state index in [1.165, 1.54) is 0 Å². The summed E-state index contributed by atoms with van der Waals surface area (Å²) in [6.07, 6.45) is 3.83. The van der Waals surface area contributed by atoms with Crippen LogP contribution < -0.4 is 0 Å². The van der Waals surface area contributed by atoms with Gasteiger partial charge in [0.25, 0.3) is 0 Å². The van der Waals surface area contributed by atoms with Gasteiger partial charge in [0.15, 0.2) is 0 Å². The summed E-state index contributed by atoms with van der Waals surface area (Å²) >= 11 is 0. The summed E-state index contributed by atoms with van der Waals surface area (Å²) in [7, 11) is 0. The third kappa shape index (κ3) is 3.03. The van der Waals surface area contributed by atoms with E-state index in [4.69, 9.17) is 4.74 Å². The van der Waals surface area contributed by atoms with Gasteiger partial charge in [-0.25, -0.2) is 4.68 Å². The van der Waals surface area contributed by atoms with Gasteiger partial charge in [-0.2, -0.15) is 5.10 Å². The van der Waals surface area contributed by atoms with E-state index in [9.17, 15) is 0 Å². The van der Waals surface area contributed by atoms with E-state index in [2.05, 4.69) is 17.2 Å². The maximum absolute atomic E-state index is 5.91. The van der Waals surface area contributed by atoms with Crippen LogP contribution in [-0.2, 0) is 4.74 Å². The predicted molar refractivity (Wildman–Crippen MR) is 83.5 cm³/mol. The van der Waals surface area contributed by atoms with E-state index in [0.717, 1.165) is 16.8 Å². The molecule has 0 unspecified atom stereocenters. The zero-order valence-corrected chi connectivity index (χ0v) is 12.0. The van der Waals surface area contributed by atoms with Gasteiger partial charge in [-0.3, -0.25) is 0 Å². The van der Waals surface area contributed by atoms with Gasteiger partial charge in [0.05, 0.1) is 11.9 Å². The second-order valence-electron chi connectivity index (χ2n) is 4.80. The van der Waals surface area contributed by atoms with Gasteiger partial charge in [0, 0.05) is 18.4 Å². The Balaban J connectivity index is 1.93. The third-order valence-electron chi connectivity index (χ3n) is 3.36. The molecule has 0 spiro atoms. The molecule has 0 aliphatic rings. The first-order valence-corrected chi connectivity index (χ1v) is 7.15. The lowest BCUT2D eigenvalue weighted by atomic mass is 10.0. The summed E-state index contributed by atoms with van der Waals surface area (Å²) in [4.78, 5) is 0. The third-order valence-corrected chi connectivity index (χ3v) is 3.36. The standard InChI is InChI=1S/C18H18N2O/c1-2-21-18(15-9-5-3-6-10-15)16-13-19-20(14-16)17-11-7-4-8-12-17/h3-14,18H,2H2,1H3/t18-/m0/s1. The zero-order chi connectivity index (χ0) is 14.5. The molecule has 0 aliphatic carbocycles. The average molecular weight is 278 g/mol. The molecular formula is C18H18N2O. The van der Waals surface area contributed by atoms with Crippen molar-refractivity contribution in [2.24, 2.45) is 0 Å². The Bertz CT molecular complexity index is 677. The molecule has 0 N–H and O–H groups in total. The Labute approximate surface area is 124 Å². The molecule has 3 heteroatoms. The molecule has 3 nitrogen and oxygen atoms in total. The van der Waals surface area contributed by atoms with Gasteiger partial charge in [-0.05, 0) is 24.6 Å². The van der Waals surface area contributed by atoms with Gasteiger partial charge >= 0.3 is 0 Å². The van der Waals surface area contributed by atoms with Crippen molar-refractivity contribution in [3.05, 3.63) is 84.2 Å². The average Bonchev–Trinajstić information content (AvgIpc) is 3.04. The number of aromatic nitrogens is 2. The van der Waals surface area contributed by atoms with Crippen molar-refractivity contribution in [1.29, 1.82) is 0 Å². The molecule has 2 aromatic carbocycles. The number of para-hydroxylation sites is 1. The molecule has 106 valence electrons. The van der Waals surface area contributed by atoms with Gasteiger partial charge < -0.3 is 4.74 Å². The molecule has 3 rings (SSSR count). The second-order valence-corrected chi connectivity index (χ2v) is 4.80. The van der Waals surface area contributed by atoms with E-state index in [1.807, 2.05) is 72.5 Å². The molecule has 0 saturated heterocycles. The lowest BCUT2D eigenvalue weighted by molar-refractivity contribution is 0.0913. The molecule has 21 heavy (non-hydrogen) atoms. The fourth-order valence-electron chi connectivity index (χ4n) is 2.37. The van der Waals surface area contributed by atoms with Gasteiger partial charge in [-0.1, -0.05) is 48.5 Å². The molecule has 0 saturated carbocycles. The number of benzene rings is 2. The highest BCUT2D eigenvalue weighted by Crippen LogP contribution is 2.26. The zero-order valence-electron chi connectivity index (χ0n) is 12.0. The van der Waals surface area contributed by atoms with Crippen LogP contribution >= 0.6 is 0 Å². The Morgan fingerprint density at radius 2 is 1.62 bits per heavy atom. The Kier molecular flexibility index (Phi) is 4.12. The van der Waals surface area contributed by atoms with Crippen LogP contribution in [0.1, 0.15) is 24.2 Å². The minimum absolute atomic E-state index is 0.0753. The van der Waals surface area contributed by atoms with E-state index >= 15 is 0 Å².